The number of hydrogen-bond acceptors (Lipinski definition) is 4. The van der Waals surface area contributed by atoms with Crippen LogP contribution >= 0.6 is 0 Å². The van der Waals surface area contributed by atoms with Gasteiger partial charge in [-0.1, -0.05) is 6.92 Å². The molecular weight excluding hydrogens is 252 g/mol. The second kappa shape index (κ2) is 7.39. The molecule has 1 fully saturated rings. The largest absolute Gasteiger partial charge is 0.492 e. The highest BCUT2D eigenvalue weighted by Crippen LogP contribution is 2.30. The summed E-state index contributed by atoms with van der Waals surface area (Å²) < 4.78 is 5.54. The van der Waals surface area contributed by atoms with Gasteiger partial charge in [0.25, 0.3) is 0 Å². The van der Waals surface area contributed by atoms with E-state index in [4.69, 9.17) is 10.5 Å². The van der Waals surface area contributed by atoms with Gasteiger partial charge in [-0.25, -0.2) is 0 Å². The van der Waals surface area contributed by atoms with E-state index < -0.39 is 0 Å². The van der Waals surface area contributed by atoms with Crippen LogP contribution in [0.4, 0.5) is 0 Å². The van der Waals surface area contributed by atoms with Crippen molar-refractivity contribution in [3.63, 3.8) is 0 Å². The Morgan fingerprint density at radius 1 is 1.35 bits per heavy atom. The van der Waals surface area contributed by atoms with Crippen molar-refractivity contribution in [3.05, 3.63) is 24.0 Å². The summed E-state index contributed by atoms with van der Waals surface area (Å²) in [6.45, 7) is 3.45. The number of rotatable bonds is 6. The molecule has 1 aliphatic rings. The summed E-state index contributed by atoms with van der Waals surface area (Å²) in [6.07, 6.45) is 8.27. The fourth-order valence-corrected chi connectivity index (χ4v) is 2.75. The number of carbonyl (C=O) groups is 1. The molecule has 0 spiro atoms. The Morgan fingerprint density at radius 2 is 2.10 bits per heavy atom. The Kier molecular flexibility index (Phi) is 5.53. The molecule has 1 heterocycles. The molecule has 1 aromatic heterocycles. The molecule has 0 atom stereocenters. The zero-order chi connectivity index (χ0) is 14.4. The van der Waals surface area contributed by atoms with Gasteiger partial charge in [-0.2, -0.15) is 0 Å². The predicted octanol–water partition coefficient (Wildman–Crippen LogP) is 2.82. The van der Waals surface area contributed by atoms with Crippen LogP contribution in [0.5, 0.6) is 5.75 Å². The van der Waals surface area contributed by atoms with Gasteiger partial charge in [0.1, 0.15) is 5.75 Å². The topological polar surface area (TPSA) is 65.2 Å². The smallest absolute Gasteiger partial charge is 0.167 e. The molecule has 0 saturated heterocycles. The average Bonchev–Trinajstić information content (AvgIpc) is 2.52. The number of Topliss-reactive ketones (excluding diaryl/α,β-unsaturated/α-hetero) is 1. The van der Waals surface area contributed by atoms with E-state index >= 15 is 0 Å². The monoisotopic (exact) mass is 276 g/mol. The quantitative estimate of drug-likeness (QED) is 0.811. The number of ketones is 1. The first-order valence-electron chi connectivity index (χ1n) is 7.56. The summed E-state index contributed by atoms with van der Waals surface area (Å²) in [7, 11) is 0. The first-order chi connectivity index (χ1) is 9.74. The van der Waals surface area contributed by atoms with Gasteiger partial charge in [0, 0.05) is 17.7 Å². The van der Waals surface area contributed by atoms with Crippen molar-refractivity contribution in [1.82, 2.24) is 4.98 Å². The Balaban J connectivity index is 1.98. The van der Waals surface area contributed by atoms with E-state index in [-0.39, 0.29) is 11.7 Å². The lowest BCUT2D eigenvalue weighted by atomic mass is 9.79. The van der Waals surface area contributed by atoms with Gasteiger partial charge in [0.05, 0.1) is 12.8 Å². The minimum Gasteiger partial charge on any atom is -0.492 e. The minimum atomic E-state index is 0.126. The molecule has 1 aliphatic carbocycles. The molecule has 0 amide bonds. The maximum absolute atomic E-state index is 12.5. The molecule has 110 valence electrons. The molecule has 0 aromatic carbocycles. The van der Waals surface area contributed by atoms with E-state index in [1.807, 2.05) is 6.07 Å². The van der Waals surface area contributed by atoms with Crippen LogP contribution in [0.15, 0.2) is 18.5 Å². The number of nitrogens with two attached hydrogens (primary N) is 1. The molecule has 4 heteroatoms. The Bertz CT molecular complexity index is 440. The molecule has 1 aromatic rings. The molecule has 0 bridgehead atoms. The van der Waals surface area contributed by atoms with E-state index in [0.717, 1.165) is 38.6 Å². The summed E-state index contributed by atoms with van der Waals surface area (Å²) in [6, 6.07) is 1.82. The van der Waals surface area contributed by atoms with E-state index in [1.54, 1.807) is 12.4 Å². The first-order valence-corrected chi connectivity index (χ1v) is 7.56. The fourth-order valence-electron chi connectivity index (χ4n) is 2.75. The molecule has 4 nitrogen and oxygen atoms in total. The fraction of sp³-hybridized carbons (Fsp3) is 0.625. The average molecular weight is 276 g/mol. The van der Waals surface area contributed by atoms with Crippen LogP contribution in [-0.4, -0.2) is 23.9 Å². The van der Waals surface area contributed by atoms with Crippen molar-refractivity contribution >= 4 is 5.78 Å². The Hall–Kier alpha value is -1.42. The van der Waals surface area contributed by atoms with Crippen LogP contribution in [0.1, 0.15) is 49.4 Å². The van der Waals surface area contributed by atoms with Crippen LogP contribution in [-0.2, 0) is 0 Å². The molecule has 2 N–H and O–H groups in total. The molecule has 2 rings (SSSR count). The van der Waals surface area contributed by atoms with Gasteiger partial charge in [0.2, 0.25) is 0 Å². The van der Waals surface area contributed by atoms with Crippen molar-refractivity contribution in [2.75, 3.05) is 13.2 Å². The summed E-state index contributed by atoms with van der Waals surface area (Å²) in [5.41, 5.74) is 6.37. The predicted molar refractivity (Wildman–Crippen MR) is 78.9 cm³/mol. The zero-order valence-corrected chi connectivity index (χ0v) is 12.2. The van der Waals surface area contributed by atoms with E-state index in [0.29, 0.717) is 23.8 Å². The van der Waals surface area contributed by atoms with Crippen molar-refractivity contribution in [2.24, 2.45) is 17.6 Å². The van der Waals surface area contributed by atoms with Gasteiger partial charge < -0.3 is 10.5 Å². The van der Waals surface area contributed by atoms with Crippen LogP contribution in [0.25, 0.3) is 0 Å². The third-order valence-electron chi connectivity index (χ3n) is 4.02. The lowest BCUT2D eigenvalue weighted by Gasteiger charge is -2.26. The summed E-state index contributed by atoms with van der Waals surface area (Å²) >= 11 is 0. The number of ether oxygens (including phenoxy) is 1. The normalized spacial score (nSPS) is 22.5. The number of aromatic nitrogens is 1. The standard InChI is InChI=1S/C16H24N2O2/c1-2-7-20-15-8-14(10-18-11-15)16(19)13-5-3-12(9-17)4-6-13/h8,10-13H,2-7,9,17H2,1H3. The zero-order valence-electron chi connectivity index (χ0n) is 12.2. The van der Waals surface area contributed by atoms with Crippen molar-refractivity contribution < 1.29 is 9.53 Å². The Labute approximate surface area is 120 Å². The second-order valence-corrected chi connectivity index (χ2v) is 5.58. The Morgan fingerprint density at radius 3 is 2.75 bits per heavy atom. The lowest BCUT2D eigenvalue weighted by Crippen LogP contribution is -2.25. The molecule has 0 unspecified atom stereocenters. The van der Waals surface area contributed by atoms with Crippen LogP contribution in [0.2, 0.25) is 0 Å². The van der Waals surface area contributed by atoms with E-state index in [2.05, 4.69) is 11.9 Å². The molecule has 0 radical (unpaired) electrons. The molecule has 0 aliphatic heterocycles. The number of nitrogens with zero attached hydrogens (tertiary/aromatic N) is 1. The van der Waals surface area contributed by atoms with Crippen LogP contribution in [0.3, 0.4) is 0 Å². The number of carbonyl (C=O) groups excluding carboxylic acids is 1. The summed E-state index contributed by atoms with van der Waals surface area (Å²) in [4.78, 5) is 16.6. The number of pyridine rings is 1. The first kappa shape index (κ1) is 15.0. The third-order valence-corrected chi connectivity index (χ3v) is 4.02. The van der Waals surface area contributed by atoms with Crippen LogP contribution in [0, 0.1) is 11.8 Å². The highest BCUT2D eigenvalue weighted by atomic mass is 16.5. The van der Waals surface area contributed by atoms with Crippen molar-refractivity contribution in [3.8, 4) is 5.75 Å². The lowest BCUT2D eigenvalue weighted by molar-refractivity contribution is 0.0872. The third kappa shape index (κ3) is 3.79. The second-order valence-electron chi connectivity index (χ2n) is 5.58. The van der Waals surface area contributed by atoms with Gasteiger partial charge in [-0.3, -0.25) is 9.78 Å². The highest BCUT2D eigenvalue weighted by molar-refractivity contribution is 5.97. The van der Waals surface area contributed by atoms with Crippen molar-refractivity contribution in [1.29, 1.82) is 0 Å². The maximum Gasteiger partial charge on any atom is 0.167 e. The SMILES string of the molecule is CCCOc1cncc(C(=O)C2CCC(CN)CC2)c1. The van der Waals surface area contributed by atoms with Gasteiger partial charge >= 0.3 is 0 Å². The van der Waals surface area contributed by atoms with Crippen LogP contribution < -0.4 is 10.5 Å². The highest BCUT2D eigenvalue weighted by Gasteiger charge is 2.26. The number of hydrogen-bond donors (Lipinski definition) is 1. The molecule has 20 heavy (non-hydrogen) atoms. The minimum absolute atomic E-state index is 0.126. The van der Waals surface area contributed by atoms with Gasteiger partial charge in [-0.05, 0) is 50.6 Å². The maximum atomic E-state index is 12.5. The molecule has 1 saturated carbocycles. The molecular formula is C16H24N2O2. The van der Waals surface area contributed by atoms with E-state index in [1.165, 1.54) is 0 Å². The summed E-state index contributed by atoms with van der Waals surface area (Å²) in [5, 5.41) is 0. The van der Waals surface area contributed by atoms with Crippen molar-refractivity contribution in [2.45, 2.75) is 39.0 Å². The van der Waals surface area contributed by atoms with E-state index in [9.17, 15) is 4.79 Å². The summed E-state index contributed by atoms with van der Waals surface area (Å²) in [5.74, 6) is 1.61. The van der Waals surface area contributed by atoms with Gasteiger partial charge in [0.15, 0.2) is 5.78 Å². The van der Waals surface area contributed by atoms with Gasteiger partial charge in [-0.15, -0.1) is 0 Å².